The van der Waals surface area contributed by atoms with E-state index in [-0.39, 0.29) is 17.9 Å². The minimum absolute atomic E-state index is 0.0856. The van der Waals surface area contributed by atoms with Crippen molar-refractivity contribution in [1.82, 2.24) is 4.90 Å². The zero-order valence-electron chi connectivity index (χ0n) is 15.3. The van der Waals surface area contributed by atoms with Crippen LogP contribution in [0.3, 0.4) is 0 Å². The Hall–Kier alpha value is -1.29. The summed E-state index contributed by atoms with van der Waals surface area (Å²) < 4.78 is 11.3. The lowest BCUT2D eigenvalue weighted by atomic mass is 9.98. The van der Waals surface area contributed by atoms with E-state index >= 15 is 0 Å². The first-order chi connectivity index (χ1) is 11.9. The second-order valence-corrected chi connectivity index (χ2v) is 7.50. The largest absolute Gasteiger partial charge is 0.381 e. The molecule has 1 aliphatic heterocycles. The van der Waals surface area contributed by atoms with Crippen LogP contribution in [0.4, 0.5) is 0 Å². The molecule has 138 valence electrons. The zero-order valence-corrected chi connectivity index (χ0v) is 16.4. The number of ether oxygens (including phenoxy) is 2. The van der Waals surface area contributed by atoms with Gasteiger partial charge in [0.1, 0.15) is 0 Å². The first kappa shape index (κ1) is 20.0. The molecule has 1 aromatic carbocycles. The van der Waals surface area contributed by atoms with E-state index in [1.54, 1.807) is 24.3 Å². The number of amides is 2. The summed E-state index contributed by atoms with van der Waals surface area (Å²) in [5.74, 6) is -0.436. The Bertz CT molecular complexity index is 582. The molecule has 0 N–H and O–H groups in total. The van der Waals surface area contributed by atoms with Gasteiger partial charge in [0.05, 0.1) is 23.8 Å². The first-order valence-electron chi connectivity index (χ1n) is 8.76. The third-order valence-corrected chi connectivity index (χ3v) is 4.68. The van der Waals surface area contributed by atoms with E-state index in [1.165, 1.54) is 4.90 Å². The molecule has 0 saturated carbocycles. The molecular formula is C19H28NO4P. The quantitative estimate of drug-likeness (QED) is 0.363. The van der Waals surface area contributed by atoms with Crippen molar-refractivity contribution >= 4 is 21.1 Å². The molecule has 25 heavy (non-hydrogen) atoms. The third kappa shape index (κ3) is 4.87. The van der Waals surface area contributed by atoms with Gasteiger partial charge in [0.15, 0.2) is 0 Å². The monoisotopic (exact) mass is 365 g/mol. The van der Waals surface area contributed by atoms with Crippen LogP contribution in [0.15, 0.2) is 24.3 Å². The average Bonchev–Trinajstić information content (AvgIpc) is 2.84. The number of rotatable bonds is 10. The van der Waals surface area contributed by atoms with Crippen LogP contribution in [0.2, 0.25) is 0 Å². The van der Waals surface area contributed by atoms with E-state index in [0.717, 1.165) is 19.2 Å². The second kappa shape index (κ2) is 8.88. The minimum Gasteiger partial charge on any atom is -0.381 e. The molecule has 0 bridgehead atoms. The molecule has 0 fully saturated rings. The van der Waals surface area contributed by atoms with Gasteiger partial charge in [-0.15, -0.1) is 9.24 Å². The molecular weight excluding hydrogens is 337 g/mol. The van der Waals surface area contributed by atoms with Crippen molar-refractivity contribution in [3.05, 3.63) is 35.4 Å². The van der Waals surface area contributed by atoms with Gasteiger partial charge in [-0.2, -0.15) is 0 Å². The lowest BCUT2D eigenvalue weighted by molar-refractivity contribution is 0.0118. The van der Waals surface area contributed by atoms with Gasteiger partial charge >= 0.3 is 0 Å². The predicted octanol–water partition coefficient (Wildman–Crippen LogP) is 3.14. The van der Waals surface area contributed by atoms with Crippen molar-refractivity contribution in [2.24, 2.45) is 0 Å². The van der Waals surface area contributed by atoms with Crippen molar-refractivity contribution in [2.75, 3.05) is 26.0 Å². The highest BCUT2D eigenvalue weighted by Gasteiger charge is 2.43. The Labute approximate surface area is 152 Å². The molecule has 1 aliphatic rings. The fourth-order valence-corrected chi connectivity index (χ4v) is 3.05. The molecule has 6 heteroatoms. The summed E-state index contributed by atoms with van der Waals surface area (Å²) in [4.78, 5) is 26.6. The van der Waals surface area contributed by atoms with Crippen molar-refractivity contribution < 1.29 is 19.1 Å². The van der Waals surface area contributed by atoms with Gasteiger partial charge in [-0.3, -0.25) is 14.5 Å². The van der Waals surface area contributed by atoms with Crippen LogP contribution < -0.4 is 0 Å². The normalized spacial score (nSPS) is 15.6. The van der Waals surface area contributed by atoms with E-state index in [2.05, 4.69) is 9.24 Å². The predicted molar refractivity (Wildman–Crippen MR) is 101 cm³/mol. The van der Waals surface area contributed by atoms with E-state index in [0.29, 0.717) is 30.8 Å². The SMILES string of the molecule is CC(CCOCCP)OCCC(C)(C)N1C(=O)c2ccccc2C1=O. The molecule has 2 unspecified atom stereocenters. The molecule has 0 radical (unpaired) electrons. The summed E-state index contributed by atoms with van der Waals surface area (Å²) in [7, 11) is 2.63. The minimum atomic E-state index is -0.594. The van der Waals surface area contributed by atoms with Gasteiger partial charge < -0.3 is 9.47 Å². The van der Waals surface area contributed by atoms with Crippen molar-refractivity contribution in [1.29, 1.82) is 0 Å². The fraction of sp³-hybridized carbons (Fsp3) is 0.579. The maximum absolute atomic E-state index is 12.6. The van der Waals surface area contributed by atoms with E-state index < -0.39 is 5.54 Å². The highest BCUT2D eigenvalue weighted by Crippen LogP contribution is 2.31. The highest BCUT2D eigenvalue weighted by atomic mass is 31.0. The van der Waals surface area contributed by atoms with Gasteiger partial charge in [0.2, 0.25) is 0 Å². The van der Waals surface area contributed by atoms with Crippen LogP contribution in [0.1, 0.15) is 54.3 Å². The van der Waals surface area contributed by atoms with Crippen molar-refractivity contribution in [2.45, 2.75) is 45.3 Å². The molecule has 0 aliphatic carbocycles. The van der Waals surface area contributed by atoms with Crippen LogP contribution in [-0.2, 0) is 9.47 Å². The number of benzene rings is 1. The summed E-state index contributed by atoms with van der Waals surface area (Å²) in [6.07, 6.45) is 2.44. The number of nitrogens with zero attached hydrogens (tertiary/aromatic N) is 1. The Morgan fingerprint density at radius 1 is 1.08 bits per heavy atom. The molecule has 2 amide bonds. The van der Waals surface area contributed by atoms with Crippen molar-refractivity contribution in [3.63, 3.8) is 0 Å². The number of fused-ring (bicyclic) bond motifs is 1. The molecule has 0 spiro atoms. The number of carbonyl (C=O) groups is 2. The van der Waals surface area contributed by atoms with Gasteiger partial charge in [0, 0.05) is 18.8 Å². The van der Waals surface area contributed by atoms with E-state index in [4.69, 9.17) is 9.47 Å². The van der Waals surface area contributed by atoms with Gasteiger partial charge in [0.25, 0.3) is 11.8 Å². The maximum Gasteiger partial charge on any atom is 0.262 e. The van der Waals surface area contributed by atoms with Crippen LogP contribution in [0.25, 0.3) is 0 Å². The highest BCUT2D eigenvalue weighted by molar-refractivity contribution is 7.16. The summed E-state index contributed by atoms with van der Waals surface area (Å²) in [6.45, 7) is 7.74. The number of hydrogen-bond donors (Lipinski definition) is 0. The van der Waals surface area contributed by atoms with Crippen molar-refractivity contribution in [3.8, 4) is 0 Å². The number of imide groups is 1. The summed E-state index contributed by atoms with van der Waals surface area (Å²) in [5, 5.41) is 0. The lowest BCUT2D eigenvalue weighted by Crippen LogP contribution is -2.48. The third-order valence-electron chi connectivity index (χ3n) is 4.45. The molecule has 0 saturated heterocycles. The van der Waals surface area contributed by atoms with Crippen LogP contribution in [0.5, 0.6) is 0 Å². The van der Waals surface area contributed by atoms with Gasteiger partial charge in [-0.1, -0.05) is 12.1 Å². The zero-order chi connectivity index (χ0) is 18.4. The smallest absolute Gasteiger partial charge is 0.262 e. The molecule has 2 atom stereocenters. The summed E-state index contributed by atoms with van der Waals surface area (Å²) in [5.41, 5.74) is 0.380. The Balaban J connectivity index is 1.86. The molecule has 2 rings (SSSR count). The number of carbonyl (C=O) groups excluding carboxylic acids is 2. The van der Waals surface area contributed by atoms with E-state index in [1.807, 2.05) is 20.8 Å². The Morgan fingerprint density at radius 2 is 1.68 bits per heavy atom. The van der Waals surface area contributed by atoms with Gasteiger partial charge in [-0.25, -0.2) is 0 Å². The van der Waals surface area contributed by atoms with Crippen LogP contribution in [-0.4, -0.2) is 54.3 Å². The Morgan fingerprint density at radius 3 is 2.24 bits per heavy atom. The van der Waals surface area contributed by atoms with Crippen LogP contribution in [0, 0.1) is 0 Å². The lowest BCUT2D eigenvalue weighted by Gasteiger charge is -2.34. The molecule has 1 heterocycles. The van der Waals surface area contributed by atoms with Crippen LogP contribution >= 0.6 is 9.24 Å². The second-order valence-electron chi connectivity index (χ2n) is 6.92. The van der Waals surface area contributed by atoms with Gasteiger partial charge in [-0.05, 0) is 51.9 Å². The first-order valence-corrected chi connectivity index (χ1v) is 9.57. The fourth-order valence-electron chi connectivity index (χ4n) is 2.88. The summed E-state index contributed by atoms with van der Waals surface area (Å²) in [6, 6.07) is 6.98. The summed E-state index contributed by atoms with van der Waals surface area (Å²) >= 11 is 0. The molecule has 0 aromatic heterocycles. The average molecular weight is 365 g/mol. The van der Waals surface area contributed by atoms with E-state index in [9.17, 15) is 9.59 Å². The molecule has 1 aromatic rings. The Kier molecular flexibility index (Phi) is 7.12. The number of hydrogen-bond acceptors (Lipinski definition) is 4. The maximum atomic E-state index is 12.6. The standard InChI is InChI=1S/C19H28NO4P/c1-14(8-10-23-12-13-25)24-11-9-19(2,3)20-17(21)15-6-4-5-7-16(15)18(20)22/h4-7,14H,8-13,25H2,1-3H3. The molecule has 5 nitrogen and oxygen atoms in total. The topological polar surface area (TPSA) is 55.8 Å².